The maximum Gasteiger partial charge on any atom is 0.225 e. The smallest absolute Gasteiger partial charge is 0.225 e. The summed E-state index contributed by atoms with van der Waals surface area (Å²) in [5.41, 5.74) is 5.47. The first-order valence-electron chi connectivity index (χ1n) is 3.94. The van der Waals surface area contributed by atoms with Gasteiger partial charge in [0.1, 0.15) is 0 Å². The molecule has 4 nitrogen and oxygen atoms in total. The predicted molar refractivity (Wildman–Crippen MR) is 43.0 cm³/mol. The third-order valence-corrected chi connectivity index (χ3v) is 1.75. The fourth-order valence-electron chi connectivity index (χ4n) is 0.880. The average molecular weight is 157 g/mol. The van der Waals surface area contributed by atoms with Crippen molar-refractivity contribution >= 4 is 5.91 Å². The normalized spacial score (nSPS) is 20.5. The first kappa shape index (κ1) is 8.49. The Morgan fingerprint density at radius 3 is 2.82 bits per heavy atom. The Hall–Kier alpha value is -0.610. The largest absolute Gasteiger partial charge is 0.354 e. The molecule has 1 rings (SSSR count). The highest BCUT2D eigenvalue weighted by Crippen LogP contribution is 2.01. The number of nitrogens with two attached hydrogens (primary N) is 1. The quantitative estimate of drug-likeness (QED) is 0.475. The van der Waals surface area contributed by atoms with Gasteiger partial charge in [0.05, 0.1) is 5.92 Å². The second-order valence-corrected chi connectivity index (χ2v) is 3.08. The van der Waals surface area contributed by atoms with Gasteiger partial charge in [0.25, 0.3) is 0 Å². The molecule has 4 N–H and O–H groups in total. The first-order chi connectivity index (χ1) is 5.20. The molecule has 0 bridgehead atoms. The van der Waals surface area contributed by atoms with Crippen LogP contribution < -0.4 is 16.4 Å². The van der Waals surface area contributed by atoms with Crippen LogP contribution in [0.3, 0.4) is 0 Å². The molecule has 1 amide bonds. The van der Waals surface area contributed by atoms with Gasteiger partial charge in [0.2, 0.25) is 5.91 Å². The molecule has 1 aliphatic heterocycles. The standard InChI is InChI=1S/C7H15N3O/c1-5(8)2-10-7(11)6-3-9-4-6/h5-6,9H,2-4,8H2,1H3,(H,10,11). The van der Waals surface area contributed by atoms with Gasteiger partial charge >= 0.3 is 0 Å². The second-order valence-electron chi connectivity index (χ2n) is 3.08. The van der Waals surface area contributed by atoms with E-state index in [2.05, 4.69) is 10.6 Å². The van der Waals surface area contributed by atoms with Gasteiger partial charge in [0.15, 0.2) is 0 Å². The molecule has 0 aliphatic carbocycles. The molecule has 1 saturated heterocycles. The number of nitrogens with one attached hydrogen (secondary N) is 2. The van der Waals surface area contributed by atoms with E-state index in [9.17, 15) is 4.79 Å². The second kappa shape index (κ2) is 3.69. The van der Waals surface area contributed by atoms with Crippen LogP contribution in [0.4, 0.5) is 0 Å². The number of amides is 1. The van der Waals surface area contributed by atoms with E-state index in [-0.39, 0.29) is 17.9 Å². The lowest BCUT2D eigenvalue weighted by atomic mass is 10.0. The molecule has 0 radical (unpaired) electrons. The van der Waals surface area contributed by atoms with Crippen LogP contribution in [0.25, 0.3) is 0 Å². The lowest BCUT2D eigenvalue weighted by Crippen LogP contribution is -2.52. The fraction of sp³-hybridized carbons (Fsp3) is 0.857. The zero-order valence-corrected chi connectivity index (χ0v) is 6.76. The van der Waals surface area contributed by atoms with Gasteiger partial charge in [-0.05, 0) is 6.92 Å². The van der Waals surface area contributed by atoms with E-state index < -0.39 is 0 Å². The minimum atomic E-state index is 0.0481. The van der Waals surface area contributed by atoms with Gasteiger partial charge in [-0.3, -0.25) is 4.79 Å². The molecule has 0 spiro atoms. The summed E-state index contributed by atoms with van der Waals surface area (Å²) in [6, 6.07) is 0.0481. The van der Waals surface area contributed by atoms with Crippen LogP contribution in [0.2, 0.25) is 0 Å². The topological polar surface area (TPSA) is 67.1 Å². The van der Waals surface area contributed by atoms with Crippen molar-refractivity contribution in [3.8, 4) is 0 Å². The summed E-state index contributed by atoms with van der Waals surface area (Å²) in [6.07, 6.45) is 0. The van der Waals surface area contributed by atoms with Crippen LogP contribution in [0.1, 0.15) is 6.92 Å². The Kier molecular flexibility index (Phi) is 2.84. The zero-order valence-electron chi connectivity index (χ0n) is 6.76. The van der Waals surface area contributed by atoms with E-state index in [1.807, 2.05) is 6.92 Å². The molecule has 1 unspecified atom stereocenters. The summed E-state index contributed by atoms with van der Waals surface area (Å²) in [5.74, 6) is 0.301. The number of hydrogen-bond acceptors (Lipinski definition) is 3. The lowest BCUT2D eigenvalue weighted by Gasteiger charge is -2.26. The molecular formula is C7H15N3O. The summed E-state index contributed by atoms with van der Waals surface area (Å²) in [7, 11) is 0. The monoisotopic (exact) mass is 157 g/mol. The van der Waals surface area contributed by atoms with Crippen molar-refractivity contribution in [3.05, 3.63) is 0 Å². The van der Waals surface area contributed by atoms with Crippen molar-refractivity contribution in [2.45, 2.75) is 13.0 Å². The first-order valence-corrected chi connectivity index (χ1v) is 3.94. The minimum Gasteiger partial charge on any atom is -0.354 e. The summed E-state index contributed by atoms with van der Waals surface area (Å²) >= 11 is 0. The van der Waals surface area contributed by atoms with E-state index in [0.29, 0.717) is 6.54 Å². The average Bonchev–Trinajstić information content (AvgIpc) is 1.79. The molecule has 4 heteroatoms. The summed E-state index contributed by atoms with van der Waals surface area (Å²) in [6.45, 7) is 4.07. The number of hydrogen-bond donors (Lipinski definition) is 3. The molecule has 0 saturated carbocycles. The van der Waals surface area contributed by atoms with Crippen LogP contribution in [-0.2, 0) is 4.79 Å². The molecule has 0 aromatic carbocycles. The highest BCUT2D eigenvalue weighted by atomic mass is 16.2. The number of rotatable bonds is 3. The van der Waals surface area contributed by atoms with Crippen LogP contribution in [0.15, 0.2) is 0 Å². The van der Waals surface area contributed by atoms with E-state index >= 15 is 0 Å². The maximum atomic E-state index is 11.1. The summed E-state index contributed by atoms with van der Waals surface area (Å²) in [4.78, 5) is 11.1. The van der Waals surface area contributed by atoms with Gasteiger partial charge < -0.3 is 16.4 Å². The highest BCUT2D eigenvalue weighted by Gasteiger charge is 2.24. The van der Waals surface area contributed by atoms with Crippen LogP contribution >= 0.6 is 0 Å². The van der Waals surface area contributed by atoms with Gasteiger partial charge in [-0.2, -0.15) is 0 Å². The third-order valence-electron chi connectivity index (χ3n) is 1.75. The maximum absolute atomic E-state index is 11.1. The molecule has 0 aromatic heterocycles. The molecule has 1 fully saturated rings. The number of carbonyl (C=O) groups is 1. The SMILES string of the molecule is CC(N)CNC(=O)C1CNC1. The van der Waals surface area contributed by atoms with E-state index in [1.54, 1.807) is 0 Å². The lowest BCUT2D eigenvalue weighted by molar-refractivity contribution is -0.126. The van der Waals surface area contributed by atoms with Gasteiger partial charge in [-0.15, -0.1) is 0 Å². The van der Waals surface area contributed by atoms with Crippen molar-refractivity contribution in [2.24, 2.45) is 11.7 Å². The van der Waals surface area contributed by atoms with Gasteiger partial charge in [-0.25, -0.2) is 0 Å². The molecular weight excluding hydrogens is 142 g/mol. The van der Waals surface area contributed by atoms with Crippen molar-refractivity contribution < 1.29 is 4.79 Å². The molecule has 64 valence electrons. The van der Waals surface area contributed by atoms with Gasteiger partial charge in [-0.1, -0.05) is 0 Å². The van der Waals surface area contributed by atoms with E-state index in [0.717, 1.165) is 13.1 Å². The summed E-state index contributed by atoms with van der Waals surface area (Å²) in [5, 5.41) is 5.82. The molecule has 1 aliphatic rings. The van der Waals surface area contributed by atoms with Gasteiger partial charge in [0, 0.05) is 25.7 Å². The summed E-state index contributed by atoms with van der Waals surface area (Å²) < 4.78 is 0. The molecule has 0 aromatic rings. The Labute approximate surface area is 66.5 Å². The number of carbonyl (C=O) groups excluding carboxylic acids is 1. The minimum absolute atomic E-state index is 0.0481. The van der Waals surface area contributed by atoms with Crippen LogP contribution in [-0.4, -0.2) is 31.6 Å². The Morgan fingerprint density at radius 1 is 1.82 bits per heavy atom. The molecule has 1 heterocycles. The zero-order chi connectivity index (χ0) is 8.27. The molecule has 11 heavy (non-hydrogen) atoms. The van der Waals surface area contributed by atoms with E-state index in [4.69, 9.17) is 5.73 Å². The van der Waals surface area contributed by atoms with Crippen molar-refractivity contribution in [1.29, 1.82) is 0 Å². The predicted octanol–water partition coefficient (Wildman–Crippen LogP) is -1.33. The Bertz CT molecular complexity index is 143. The Balaban J connectivity index is 2.10. The van der Waals surface area contributed by atoms with Crippen LogP contribution in [0, 0.1) is 5.92 Å². The van der Waals surface area contributed by atoms with Crippen molar-refractivity contribution in [2.75, 3.05) is 19.6 Å². The highest BCUT2D eigenvalue weighted by molar-refractivity contribution is 5.79. The van der Waals surface area contributed by atoms with Crippen molar-refractivity contribution in [1.82, 2.24) is 10.6 Å². The van der Waals surface area contributed by atoms with Crippen molar-refractivity contribution in [3.63, 3.8) is 0 Å². The van der Waals surface area contributed by atoms with E-state index in [1.165, 1.54) is 0 Å². The van der Waals surface area contributed by atoms with Crippen LogP contribution in [0.5, 0.6) is 0 Å². The fourth-order valence-corrected chi connectivity index (χ4v) is 0.880. The molecule has 1 atom stereocenters. The third kappa shape index (κ3) is 2.48. The Morgan fingerprint density at radius 2 is 2.45 bits per heavy atom.